The van der Waals surface area contributed by atoms with Crippen molar-refractivity contribution in [2.45, 2.75) is 52.2 Å². The number of hydrogen-bond donors (Lipinski definition) is 1. The molecule has 208 valence electrons. The minimum absolute atomic E-state index is 0.126. The van der Waals surface area contributed by atoms with Gasteiger partial charge in [-0.1, -0.05) is 78.3 Å². The summed E-state index contributed by atoms with van der Waals surface area (Å²) in [4.78, 5) is 29.2. The largest absolute Gasteiger partial charge is 0.350 e. The van der Waals surface area contributed by atoms with E-state index in [0.29, 0.717) is 5.02 Å². The molecule has 1 atom stereocenters. The molecule has 39 heavy (non-hydrogen) atoms. The number of carbonyl (C=O) groups is 2. The zero-order chi connectivity index (χ0) is 28.8. The average molecular weight is 570 g/mol. The average Bonchev–Trinajstić information content (AvgIpc) is 2.86. The molecule has 0 saturated heterocycles. The second kappa shape index (κ2) is 12.7. The number of carbonyl (C=O) groups excluding carboxylic acids is 2. The van der Waals surface area contributed by atoms with Gasteiger partial charge in [-0.05, 0) is 56.5 Å². The Morgan fingerprint density at radius 1 is 0.923 bits per heavy atom. The Morgan fingerprint density at radius 2 is 1.49 bits per heavy atom. The molecule has 0 aliphatic carbocycles. The lowest BCUT2D eigenvalue weighted by atomic mass is 10.0. The molecule has 0 bridgehead atoms. The lowest BCUT2D eigenvalue weighted by Crippen LogP contribution is -2.56. The van der Waals surface area contributed by atoms with Crippen LogP contribution in [0.1, 0.15) is 37.5 Å². The van der Waals surface area contributed by atoms with E-state index in [1.165, 1.54) is 11.0 Å². The molecule has 3 aromatic rings. The van der Waals surface area contributed by atoms with E-state index in [1.807, 2.05) is 88.4 Å². The Kier molecular flexibility index (Phi) is 9.80. The summed E-state index contributed by atoms with van der Waals surface area (Å²) >= 11 is 6.29. The van der Waals surface area contributed by atoms with Gasteiger partial charge in [0.25, 0.3) is 0 Å². The van der Waals surface area contributed by atoms with Crippen molar-refractivity contribution in [1.82, 2.24) is 10.2 Å². The second-order valence-electron chi connectivity index (χ2n) is 10.7. The third-order valence-electron chi connectivity index (χ3n) is 6.09. The van der Waals surface area contributed by atoms with E-state index in [4.69, 9.17) is 11.6 Å². The normalized spacial score (nSPS) is 12.5. The van der Waals surface area contributed by atoms with Crippen LogP contribution < -0.4 is 9.62 Å². The fraction of sp³-hybridized carbons (Fsp3) is 0.333. The maximum atomic E-state index is 14.0. The minimum atomic E-state index is -3.86. The van der Waals surface area contributed by atoms with E-state index < -0.39 is 34.1 Å². The molecule has 3 aromatic carbocycles. The lowest BCUT2D eigenvalue weighted by Gasteiger charge is -2.35. The standard InChI is InChI=1S/C30H36ClN3O4S/c1-22-16-17-25(19-26(22)31)34(39(5,37)38)21-28(35)33(20-24-14-10-7-11-15-24)27(29(36)32-30(2,3)4)18-23-12-8-6-9-13-23/h6-17,19,27H,18,20-21H2,1-5H3,(H,32,36)/t27-/m1/s1. The molecule has 0 saturated carbocycles. The summed E-state index contributed by atoms with van der Waals surface area (Å²) in [5.41, 5.74) is 2.22. The van der Waals surface area contributed by atoms with Crippen LogP contribution in [0.4, 0.5) is 5.69 Å². The minimum Gasteiger partial charge on any atom is -0.350 e. The Bertz CT molecular complexity index is 1390. The molecular formula is C30H36ClN3O4S. The molecule has 0 aromatic heterocycles. The number of anilines is 1. The Hall–Kier alpha value is -3.36. The molecule has 1 N–H and O–H groups in total. The summed E-state index contributed by atoms with van der Waals surface area (Å²) in [5, 5.41) is 3.40. The molecule has 0 heterocycles. The first-order chi connectivity index (χ1) is 18.2. The first kappa shape index (κ1) is 30.2. The van der Waals surface area contributed by atoms with Gasteiger partial charge in [0.05, 0.1) is 11.9 Å². The van der Waals surface area contributed by atoms with Crippen molar-refractivity contribution in [2.75, 3.05) is 17.1 Å². The highest BCUT2D eigenvalue weighted by atomic mass is 35.5. The SMILES string of the molecule is Cc1ccc(N(CC(=O)N(Cc2ccccc2)[C@H](Cc2ccccc2)C(=O)NC(C)(C)C)S(C)(=O)=O)cc1Cl. The molecule has 2 amide bonds. The number of hydrogen-bond acceptors (Lipinski definition) is 4. The fourth-order valence-electron chi connectivity index (χ4n) is 4.14. The number of sulfonamides is 1. The Morgan fingerprint density at radius 3 is 2.00 bits per heavy atom. The molecular weight excluding hydrogens is 534 g/mol. The highest BCUT2D eigenvalue weighted by molar-refractivity contribution is 7.92. The van der Waals surface area contributed by atoms with Crippen molar-refractivity contribution < 1.29 is 18.0 Å². The van der Waals surface area contributed by atoms with E-state index in [0.717, 1.165) is 27.3 Å². The van der Waals surface area contributed by atoms with Crippen molar-refractivity contribution in [1.29, 1.82) is 0 Å². The highest BCUT2D eigenvalue weighted by Crippen LogP contribution is 2.26. The van der Waals surface area contributed by atoms with Crippen LogP contribution in [0.15, 0.2) is 78.9 Å². The number of amides is 2. The lowest BCUT2D eigenvalue weighted by molar-refractivity contribution is -0.140. The second-order valence-corrected chi connectivity index (χ2v) is 13.0. The highest BCUT2D eigenvalue weighted by Gasteiger charge is 2.34. The zero-order valence-electron chi connectivity index (χ0n) is 23.0. The van der Waals surface area contributed by atoms with Crippen molar-refractivity contribution >= 4 is 39.1 Å². The van der Waals surface area contributed by atoms with Crippen molar-refractivity contribution in [3.8, 4) is 0 Å². The molecule has 3 rings (SSSR count). The maximum absolute atomic E-state index is 14.0. The number of benzene rings is 3. The molecule has 0 radical (unpaired) electrons. The third-order valence-corrected chi connectivity index (χ3v) is 7.64. The molecule has 0 spiro atoms. The van der Waals surface area contributed by atoms with Gasteiger partial charge in [0.2, 0.25) is 21.8 Å². The van der Waals surface area contributed by atoms with Gasteiger partial charge in [-0.2, -0.15) is 0 Å². The summed E-state index contributed by atoms with van der Waals surface area (Å²) < 4.78 is 26.7. The van der Waals surface area contributed by atoms with Crippen LogP contribution >= 0.6 is 11.6 Å². The summed E-state index contributed by atoms with van der Waals surface area (Å²) in [7, 11) is -3.86. The van der Waals surface area contributed by atoms with E-state index in [1.54, 1.807) is 12.1 Å². The van der Waals surface area contributed by atoms with E-state index in [2.05, 4.69) is 5.32 Å². The van der Waals surface area contributed by atoms with Crippen LogP contribution in [0.25, 0.3) is 0 Å². The third kappa shape index (κ3) is 8.83. The van der Waals surface area contributed by atoms with E-state index >= 15 is 0 Å². The van der Waals surface area contributed by atoms with Gasteiger partial charge in [0, 0.05) is 23.5 Å². The summed E-state index contributed by atoms with van der Waals surface area (Å²) in [6.07, 6.45) is 1.31. The molecule has 0 aliphatic heterocycles. The van der Waals surface area contributed by atoms with Crippen LogP contribution in [0.3, 0.4) is 0 Å². The van der Waals surface area contributed by atoms with Gasteiger partial charge in [0.1, 0.15) is 12.6 Å². The summed E-state index contributed by atoms with van der Waals surface area (Å²) in [6.45, 7) is 7.08. The Labute approximate surface area is 236 Å². The smallest absolute Gasteiger partial charge is 0.244 e. The van der Waals surface area contributed by atoms with Crippen molar-refractivity contribution in [3.05, 3.63) is 101 Å². The van der Waals surface area contributed by atoms with Crippen molar-refractivity contribution in [3.63, 3.8) is 0 Å². The summed E-state index contributed by atoms with van der Waals surface area (Å²) in [6, 6.07) is 22.7. The first-order valence-electron chi connectivity index (χ1n) is 12.7. The predicted octanol–water partition coefficient (Wildman–Crippen LogP) is 4.97. The number of rotatable bonds is 10. The number of nitrogens with one attached hydrogen (secondary N) is 1. The van der Waals surface area contributed by atoms with Gasteiger partial charge in [-0.3, -0.25) is 13.9 Å². The van der Waals surface area contributed by atoms with Crippen LogP contribution in [-0.4, -0.2) is 49.5 Å². The molecule has 0 unspecified atom stereocenters. The van der Waals surface area contributed by atoms with Crippen molar-refractivity contribution in [2.24, 2.45) is 0 Å². The zero-order valence-corrected chi connectivity index (χ0v) is 24.6. The van der Waals surface area contributed by atoms with Crippen LogP contribution in [-0.2, 0) is 32.6 Å². The van der Waals surface area contributed by atoms with Gasteiger partial charge in [-0.15, -0.1) is 0 Å². The molecule has 0 fully saturated rings. The van der Waals surface area contributed by atoms with Gasteiger partial charge in [0.15, 0.2) is 0 Å². The topological polar surface area (TPSA) is 86.8 Å². The van der Waals surface area contributed by atoms with Crippen LogP contribution in [0.2, 0.25) is 5.02 Å². The van der Waals surface area contributed by atoms with E-state index in [9.17, 15) is 18.0 Å². The number of aryl methyl sites for hydroxylation is 1. The van der Waals surface area contributed by atoms with Gasteiger partial charge in [-0.25, -0.2) is 8.42 Å². The van der Waals surface area contributed by atoms with Gasteiger partial charge < -0.3 is 10.2 Å². The van der Waals surface area contributed by atoms with Crippen LogP contribution in [0, 0.1) is 6.92 Å². The first-order valence-corrected chi connectivity index (χ1v) is 14.9. The Balaban J connectivity index is 2.06. The summed E-state index contributed by atoms with van der Waals surface area (Å²) in [5.74, 6) is -0.828. The molecule has 9 heteroatoms. The molecule has 7 nitrogen and oxygen atoms in total. The monoisotopic (exact) mass is 569 g/mol. The maximum Gasteiger partial charge on any atom is 0.244 e. The van der Waals surface area contributed by atoms with Crippen LogP contribution in [0.5, 0.6) is 0 Å². The molecule has 0 aliphatic rings. The number of halogens is 1. The quantitative estimate of drug-likeness (QED) is 0.373. The fourth-order valence-corrected chi connectivity index (χ4v) is 5.15. The van der Waals surface area contributed by atoms with E-state index in [-0.39, 0.29) is 24.6 Å². The predicted molar refractivity (Wildman–Crippen MR) is 157 cm³/mol. The van der Waals surface area contributed by atoms with Gasteiger partial charge >= 0.3 is 0 Å². The number of nitrogens with zero attached hydrogens (tertiary/aromatic N) is 2.